The fraction of sp³-hybridized carbons (Fsp3) is 0.667. The van der Waals surface area contributed by atoms with Gasteiger partial charge in [-0.25, -0.2) is 4.79 Å². The van der Waals surface area contributed by atoms with Gasteiger partial charge in [0.05, 0.1) is 13.5 Å². The monoisotopic (exact) mass is 304 g/mol. The van der Waals surface area contributed by atoms with Gasteiger partial charge < -0.3 is 25.2 Å². The van der Waals surface area contributed by atoms with E-state index in [0.29, 0.717) is 0 Å². The lowest BCUT2D eigenvalue weighted by Gasteiger charge is -2.22. The van der Waals surface area contributed by atoms with Crippen LogP contribution in [-0.2, 0) is 23.9 Å². The summed E-state index contributed by atoms with van der Waals surface area (Å²) in [6.45, 7) is 4.26. The summed E-state index contributed by atoms with van der Waals surface area (Å²) < 4.78 is 9.37. The highest BCUT2D eigenvalue weighted by molar-refractivity contribution is 5.91. The van der Waals surface area contributed by atoms with E-state index in [9.17, 15) is 19.2 Å². The summed E-state index contributed by atoms with van der Waals surface area (Å²) in [5.41, 5.74) is -0.780. The van der Waals surface area contributed by atoms with E-state index in [1.165, 1.54) is 0 Å². The largest absolute Gasteiger partial charge is 0.480 e. The van der Waals surface area contributed by atoms with Crippen molar-refractivity contribution in [2.45, 2.75) is 38.8 Å². The van der Waals surface area contributed by atoms with Gasteiger partial charge in [-0.2, -0.15) is 0 Å². The highest BCUT2D eigenvalue weighted by Crippen LogP contribution is 2.07. The number of carbonyl (C=O) groups excluding carboxylic acids is 3. The molecular weight excluding hydrogens is 284 g/mol. The molecule has 9 nitrogen and oxygen atoms in total. The predicted molar refractivity (Wildman–Crippen MR) is 70.4 cm³/mol. The molecule has 0 bridgehead atoms. The van der Waals surface area contributed by atoms with Gasteiger partial charge in [0.15, 0.2) is 0 Å². The quantitative estimate of drug-likeness (QED) is 0.571. The zero-order valence-electron chi connectivity index (χ0n) is 12.4. The molecule has 120 valence electrons. The number of aliphatic carboxylic acids is 1. The maximum absolute atomic E-state index is 11.7. The van der Waals surface area contributed by atoms with Crippen LogP contribution in [0.15, 0.2) is 0 Å². The molecule has 9 heteroatoms. The van der Waals surface area contributed by atoms with Crippen LogP contribution in [0.3, 0.4) is 0 Å². The van der Waals surface area contributed by atoms with Crippen LogP contribution in [0.2, 0.25) is 0 Å². The van der Waals surface area contributed by atoms with E-state index in [2.05, 4.69) is 15.4 Å². The first-order chi connectivity index (χ1) is 9.55. The van der Waals surface area contributed by atoms with Gasteiger partial charge in [-0.3, -0.25) is 14.4 Å². The summed E-state index contributed by atoms with van der Waals surface area (Å²) in [4.78, 5) is 45.0. The van der Waals surface area contributed by atoms with E-state index < -0.39 is 48.5 Å². The minimum atomic E-state index is -1.29. The van der Waals surface area contributed by atoms with Crippen LogP contribution in [0.5, 0.6) is 0 Å². The predicted octanol–water partition coefficient (Wildman–Crippen LogP) is -0.356. The maximum Gasteiger partial charge on any atom is 0.408 e. The zero-order valence-corrected chi connectivity index (χ0v) is 12.4. The lowest BCUT2D eigenvalue weighted by molar-refractivity contribution is -0.143. The highest BCUT2D eigenvalue weighted by atomic mass is 16.6. The third kappa shape index (κ3) is 9.25. The topological polar surface area (TPSA) is 131 Å². The van der Waals surface area contributed by atoms with Gasteiger partial charge in [0.2, 0.25) is 5.91 Å². The Hall–Kier alpha value is -2.32. The number of rotatable bonds is 6. The number of hydrogen-bond donors (Lipinski definition) is 3. The number of esters is 1. The van der Waals surface area contributed by atoms with Crippen molar-refractivity contribution in [1.29, 1.82) is 0 Å². The fourth-order valence-corrected chi connectivity index (χ4v) is 1.20. The van der Waals surface area contributed by atoms with Crippen molar-refractivity contribution in [3.8, 4) is 0 Å². The lowest BCUT2D eigenvalue weighted by Crippen LogP contribution is -2.50. The number of alkyl carbamates (subject to hydrolysis) is 1. The number of carboxylic acid groups (broad SMARTS) is 1. The molecule has 0 saturated heterocycles. The average Bonchev–Trinajstić information content (AvgIpc) is 2.32. The van der Waals surface area contributed by atoms with Gasteiger partial charge in [0.25, 0.3) is 0 Å². The second kappa shape index (κ2) is 8.08. The summed E-state index contributed by atoms with van der Waals surface area (Å²) in [6, 6.07) is -1.29. The molecule has 0 fully saturated rings. The second-order valence-corrected chi connectivity index (χ2v) is 5.09. The maximum atomic E-state index is 11.7. The van der Waals surface area contributed by atoms with Crippen LogP contribution < -0.4 is 10.6 Å². The highest BCUT2D eigenvalue weighted by Gasteiger charge is 2.27. The average molecular weight is 304 g/mol. The molecule has 0 unspecified atom stereocenters. The van der Waals surface area contributed by atoms with Crippen molar-refractivity contribution in [1.82, 2.24) is 10.6 Å². The summed E-state index contributed by atoms with van der Waals surface area (Å²) in [5.74, 6) is -2.81. The Balaban J connectivity index is 4.73. The summed E-state index contributed by atoms with van der Waals surface area (Å²) in [7, 11) is 1.13. The second-order valence-electron chi connectivity index (χ2n) is 5.09. The van der Waals surface area contributed by atoms with Crippen LogP contribution in [0.1, 0.15) is 27.2 Å². The molecule has 0 heterocycles. The molecule has 2 amide bonds. The summed E-state index contributed by atoms with van der Waals surface area (Å²) >= 11 is 0. The van der Waals surface area contributed by atoms with E-state index in [-0.39, 0.29) is 0 Å². The van der Waals surface area contributed by atoms with Crippen molar-refractivity contribution < 1.29 is 33.8 Å². The Morgan fingerprint density at radius 3 is 2.19 bits per heavy atom. The van der Waals surface area contributed by atoms with Crippen LogP contribution in [0.25, 0.3) is 0 Å². The van der Waals surface area contributed by atoms with Crippen LogP contribution >= 0.6 is 0 Å². The molecule has 0 aromatic rings. The Bertz CT molecular complexity index is 414. The number of methoxy groups -OCH3 is 1. The number of ether oxygens (including phenoxy) is 2. The van der Waals surface area contributed by atoms with Crippen molar-refractivity contribution >= 4 is 23.9 Å². The van der Waals surface area contributed by atoms with Crippen LogP contribution in [0.4, 0.5) is 4.79 Å². The minimum absolute atomic E-state index is 0.443. The fourth-order valence-electron chi connectivity index (χ4n) is 1.20. The molecule has 0 rings (SSSR count). The SMILES string of the molecule is COC(=O)C[C@H](NC(=O)OC(C)(C)C)C(=O)NCC(=O)O. The molecule has 0 aliphatic rings. The zero-order chi connectivity index (χ0) is 16.6. The van der Waals surface area contributed by atoms with E-state index in [1.54, 1.807) is 20.8 Å². The number of carbonyl (C=O) groups is 4. The third-order valence-electron chi connectivity index (χ3n) is 2.02. The smallest absolute Gasteiger partial charge is 0.408 e. The Morgan fingerprint density at radius 1 is 1.19 bits per heavy atom. The minimum Gasteiger partial charge on any atom is -0.480 e. The van der Waals surface area contributed by atoms with Crippen molar-refractivity contribution in [3.63, 3.8) is 0 Å². The molecule has 3 N–H and O–H groups in total. The molecular formula is C12H20N2O7. The van der Waals surface area contributed by atoms with Gasteiger partial charge >= 0.3 is 18.0 Å². The molecule has 0 radical (unpaired) electrons. The van der Waals surface area contributed by atoms with Gasteiger partial charge in [0.1, 0.15) is 18.2 Å². The molecule has 0 spiro atoms. The molecule has 0 aliphatic heterocycles. The molecule has 21 heavy (non-hydrogen) atoms. The van der Waals surface area contributed by atoms with Crippen LogP contribution in [-0.4, -0.2) is 54.3 Å². The third-order valence-corrected chi connectivity index (χ3v) is 2.02. The first-order valence-electron chi connectivity index (χ1n) is 6.11. The number of hydrogen-bond acceptors (Lipinski definition) is 6. The lowest BCUT2D eigenvalue weighted by atomic mass is 10.2. The van der Waals surface area contributed by atoms with E-state index in [1.807, 2.05) is 0 Å². The van der Waals surface area contributed by atoms with Gasteiger partial charge in [-0.15, -0.1) is 0 Å². The molecule has 0 aromatic heterocycles. The van der Waals surface area contributed by atoms with Crippen molar-refractivity contribution in [3.05, 3.63) is 0 Å². The van der Waals surface area contributed by atoms with Gasteiger partial charge in [-0.1, -0.05) is 0 Å². The van der Waals surface area contributed by atoms with Gasteiger partial charge in [-0.05, 0) is 20.8 Å². The first kappa shape index (κ1) is 18.7. The van der Waals surface area contributed by atoms with Gasteiger partial charge in [0, 0.05) is 0 Å². The Labute approximate surface area is 122 Å². The standard InChI is InChI=1S/C12H20N2O7/c1-12(2,3)21-11(19)14-7(5-9(17)20-4)10(18)13-6-8(15)16/h7H,5-6H2,1-4H3,(H,13,18)(H,14,19)(H,15,16)/t7-/m0/s1. The van der Waals surface area contributed by atoms with E-state index in [4.69, 9.17) is 9.84 Å². The van der Waals surface area contributed by atoms with Crippen molar-refractivity contribution in [2.75, 3.05) is 13.7 Å². The van der Waals surface area contributed by atoms with Crippen LogP contribution in [0, 0.1) is 0 Å². The summed E-state index contributed by atoms with van der Waals surface area (Å²) in [6.07, 6.45) is -1.34. The molecule has 0 saturated carbocycles. The Kier molecular flexibility index (Phi) is 7.18. The number of amides is 2. The summed E-state index contributed by atoms with van der Waals surface area (Å²) in [5, 5.41) is 12.7. The molecule has 0 aromatic carbocycles. The Morgan fingerprint density at radius 2 is 1.76 bits per heavy atom. The molecule has 0 aliphatic carbocycles. The van der Waals surface area contributed by atoms with Crippen molar-refractivity contribution in [2.24, 2.45) is 0 Å². The normalized spacial score (nSPS) is 12.0. The molecule has 1 atom stereocenters. The first-order valence-corrected chi connectivity index (χ1v) is 6.11. The van der Waals surface area contributed by atoms with E-state index in [0.717, 1.165) is 7.11 Å². The number of carboxylic acids is 1. The number of nitrogens with one attached hydrogen (secondary N) is 2. The van der Waals surface area contributed by atoms with E-state index >= 15 is 0 Å².